The number of sulfonamides is 1. The molecule has 0 aromatic heterocycles. The van der Waals surface area contributed by atoms with Crippen molar-refractivity contribution in [3.63, 3.8) is 0 Å². The maximum absolute atomic E-state index is 12.9. The molecule has 1 aromatic rings. The number of piperidine rings is 1. The fraction of sp³-hybridized carbons (Fsp3) is 0.500. The molecule has 2 rings (SSSR count). The Morgan fingerprint density at radius 3 is 2.14 bits per heavy atom. The van der Waals surface area contributed by atoms with E-state index in [1.807, 2.05) is 0 Å². The minimum Gasteiger partial charge on any atom is -0.392 e. The number of aliphatic hydroxyl groups is 2. The predicted molar refractivity (Wildman–Crippen MR) is 66.8 cm³/mol. The lowest BCUT2D eigenvalue weighted by atomic mass is 10.1. The smallest absolute Gasteiger partial charge is 0.392 e. The van der Waals surface area contributed by atoms with E-state index < -0.39 is 38.9 Å². The number of halogens is 3. The van der Waals surface area contributed by atoms with Crippen molar-refractivity contribution >= 4 is 10.0 Å². The summed E-state index contributed by atoms with van der Waals surface area (Å²) in [7, 11) is -4.45. The molecule has 9 heteroatoms. The van der Waals surface area contributed by atoms with Gasteiger partial charge in [-0.15, -0.1) is 0 Å². The first-order valence-corrected chi connectivity index (χ1v) is 7.59. The topological polar surface area (TPSA) is 77.8 Å². The molecule has 0 saturated carbocycles. The number of aliphatic hydroxyl groups excluding tert-OH is 2. The monoisotopic (exact) mass is 325 g/mol. The summed E-state index contributed by atoms with van der Waals surface area (Å²) in [4.78, 5) is -0.876. The molecule has 0 radical (unpaired) electrons. The number of hydrogen-bond donors (Lipinski definition) is 2. The zero-order chi connectivity index (χ0) is 15.8. The van der Waals surface area contributed by atoms with Crippen molar-refractivity contribution in [2.24, 2.45) is 0 Å². The van der Waals surface area contributed by atoms with Crippen LogP contribution in [0.3, 0.4) is 0 Å². The number of benzene rings is 1. The second kappa shape index (κ2) is 5.56. The molecule has 1 aliphatic heterocycles. The van der Waals surface area contributed by atoms with Gasteiger partial charge < -0.3 is 10.2 Å². The van der Waals surface area contributed by atoms with Crippen molar-refractivity contribution in [2.45, 2.75) is 29.7 Å². The molecule has 21 heavy (non-hydrogen) atoms. The highest BCUT2D eigenvalue weighted by Gasteiger charge is 2.40. The molecule has 2 atom stereocenters. The summed E-state index contributed by atoms with van der Waals surface area (Å²) in [5.41, 5.74) is -1.26. The van der Waals surface area contributed by atoms with Gasteiger partial charge in [-0.3, -0.25) is 0 Å². The van der Waals surface area contributed by atoms with Crippen LogP contribution in [0.1, 0.15) is 12.0 Å². The maximum atomic E-state index is 12.9. The van der Waals surface area contributed by atoms with Crippen LogP contribution in [0.15, 0.2) is 29.2 Å². The van der Waals surface area contributed by atoms with E-state index in [0.29, 0.717) is 10.4 Å². The van der Waals surface area contributed by atoms with E-state index in [4.69, 9.17) is 0 Å². The number of nitrogens with zero attached hydrogens (tertiary/aromatic N) is 1. The van der Waals surface area contributed by atoms with Crippen molar-refractivity contribution in [3.05, 3.63) is 29.8 Å². The minimum absolute atomic E-state index is 0.00701. The highest BCUT2D eigenvalue weighted by atomic mass is 32.2. The van der Waals surface area contributed by atoms with Gasteiger partial charge in [0.15, 0.2) is 0 Å². The molecule has 1 heterocycles. The summed E-state index contributed by atoms with van der Waals surface area (Å²) in [6.45, 7) is -0.683. The van der Waals surface area contributed by atoms with Crippen LogP contribution in [0.4, 0.5) is 13.2 Å². The second-order valence-electron chi connectivity index (χ2n) is 4.86. The van der Waals surface area contributed by atoms with Gasteiger partial charge in [-0.1, -0.05) is 12.1 Å². The largest absolute Gasteiger partial charge is 0.417 e. The number of β-amino-alcohol motifs (C(OH)–C–C–N with tert-alkyl or cyclic N) is 2. The summed E-state index contributed by atoms with van der Waals surface area (Å²) in [6, 6.07) is 3.84. The van der Waals surface area contributed by atoms with Crippen molar-refractivity contribution < 1.29 is 31.8 Å². The van der Waals surface area contributed by atoms with Crippen LogP contribution < -0.4 is 0 Å². The zero-order valence-electron chi connectivity index (χ0n) is 10.8. The quantitative estimate of drug-likeness (QED) is 0.844. The van der Waals surface area contributed by atoms with Crippen molar-refractivity contribution in [1.29, 1.82) is 0 Å². The Morgan fingerprint density at radius 2 is 1.62 bits per heavy atom. The molecule has 1 aromatic carbocycles. The fourth-order valence-electron chi connectivity index (χ4n) is 2.27. The highest BCUT2D eigenvalue weighted by Crippen LogP contribution is 2.35. The molecule has 0 aliphatic carbocycles. The lowest BCUT2D eigenvalue weighted by Crippen LogP contribution is -2.48. The molecule has 5 nitrogen and oxygen atoms in total. The van der Waals surface area contributed by atoms with Gasteiger partial charge in [0.2, 0.25) is 10.0 Å². The molecule has 1 fully saturated rings. The Morgan fingerprint density at radius 1 is 1.10 bits per heavy atom. The minimum atomic E-state index is -4.81. The van der Waals surface area contributed by atoms with Crippen LogP contribution in [0.2, 0.25) is 0 Å². The fourth-order valence-corrected chi connectivity index (χ4v) is 4.00. The Hall–Kier alpha value is -1.16. The van der Waals surface area contributed by atoms with Crippen LogP contribution in [0, 0.1) is 0 Å². The van der Waals surface area contributed by atoms with Gasteiger partial charge in [-0.05, 0) is 12.1 Å². The summed E-state index contributed by atoms with van der Waals surface area (Å²) >= 11 is 0. The molecule has 0 amide bonds. The van der Waals surface area contributed by atoms with Crippen LogP contribution in [-0.4, -0.2) is 48.2 Å². The summed E-state index contributed by atoms with van der Waals surface area (Å²) in [5, 5.41) is 19.0. The molecule has 0 bridgehead atoms. The summed E-state index contributed by atoms with van der Waals surface area (Å²) < 4.78 is 64.1. The predicted octanol–water partition coefficient (Wildman–Crippen LogP) is 0.822. The average Bonchev–Trinajstić information content (AvgIpc) is 2.36. The first kappa shape index (κ1) is 16.2. The van der Waals surface area contributed by atoms with Crippen LogP contribution in [0.25, 0.3) is 0 Å². The molecular weight excluding hydrogens is 311 g/mol. The third-order valence-electron chi connectivity index (χ3n) is 3.18. The molecule has 2 N–H and O–H groups in total. The molecule has 1 aliphatic rings. The van der Waals surface area contributed by atoms with Gasteiger partial charge in [0.1, 0.15) is 0 Å². The van der Waals surface area contributed by atoms with Gasteiger partial charge >= 0.3 is 6.18 Å². The van der Waals surface area contributed by atoms with Gasteiger partial charge in [0.05, 0.1) is 22.7 Å². The van der Waals surface area contributed by atoms with Gasteiger partial charge in [0.25, 0.3) is 0 Å². The third kappa shape index (κ3) is 3.37. The lowest BCUT2D eigenvalue weighted by molar-refractivity contribution is -0.139. The molecule has 0 spiro atoms. The van der Waals surface area contributed by atoms with E-state index in [1.54, 1.807) is 0 Å². The van der Waals surface area contributed by atoms with Crippen molar-refractivity contribution in [3.8, 4) is 0 Å². The van der Waals surface area contributed by atoms with E-state index in [1.165, 1.54) is 6.07 Å². The van der Waals surface area contributed by atoms with Gasteiger partial charge in [-0.25, -0.2) is 8.42 Å². The van der Waals surface area contributed by atoms with E-state index in [-0.39, 0.29) is 19.5 Å². The van der Waals surface area contributed by atoms with E-state index in [0.717, 1.165) is 12.1 Å². The van der Waals surface area contributed by atoms with E-state index >= 15 is 0 Å². The first-order valence-electron chi connectivity index (χ1n) is 6.15. The Balaban J connectivity index is 2.45. The Bertz CT molecular complexity index is 607. The number of alkyl halides is 3. The SMILES string of the molecule is O=S(=O)(c1ccccc1C(F)(F)F)N1C[C@H](O)C[C@@H](O)C1. The molecule has 1 saturated heterocycles. The Kier molecular flexibility index (Phi) is 4.29. The van der Waals surface area contributed by atoms with Crippen LogP contribution >= 0.6 is 0 Å². The summed E-state index contributed by atoms with van der Waals surface area (Å²) in [5.74, 6) is 0. The van der Waals surface area contributed by atoms with Gasteiger partial charge in [0, 0.05) is 19.5 Å². The number of rotatable bonds is 2. The third-order valence-corrected chi connectivity index (χ3v) is 5.07. The van der Waals surface area contributed by atoms with Crippen molar-refractivity contribution in [1.82, 2.24) is 4.31 Å². The number of hydrogen-bond acceptors (Lipinski definition) is 4. The zero-order valence-corrected chi connectivity index (χ0v) is 11.6. The van der Waals surface area contributed by atoms with E-state index in [2.05, 4.69) is 0 Å². The van der Waals surface area contributed by atoms with Crippen LogP contribution in [0.5, 0.6) is 0 Å². The van der Waals surface area contributed by atoms with E-state index in [9.17, 15) is 31.8 Å². The summed E-state index contributed by atoms with van der Waals surface area (Å²) in [6.07, 6.45) is -7.04. The maximum Gasteiger partial charge on any atom is 0.417 e. The average molecular weight is 325 g/mol. The van der Waals surface area contributed by atoms with Crippen molar-refractivity contribution in [2.75, 3.05) is 13.1 Å². The molecule has 118 valence electrons. The van der Waals surface area contributed by atoms with Gasteiger partial charge in [-0.2, -0.15) is 17.5 Å². The lowest BCUT2D eigenvalue weighted by Gasteiger charge is -2.32. The second-order valence-corrected chi connectivity index (χ2v) is 6.77. The molecular formula is C12H14F3NO4S. The normalized spacial score (nSPS) is 25.0. The first-order chi connectivity index (χ1) is 9.62. The molecule has 0 unspecified atom stereocenters. The highest BCUT2D eigenvalue weighted by molar-refractivity contribution is 7.89. The standard InChI is InChI=1S/C12H14F3NO4S/c13-12(14,15)10-3-1-2-4-11(10)21(19,20)16-6-8(17)5-9(18)7-16/h1-4,8-9,17-18H,5-7H2/t8-,9-/m1/s1. The van der Waals surface area contributed by atoms with Crippen LogP contribution in [-0.2, 0) is 16.2 Å². The Labute approximate surface area is 119 Å².